The maximum Gasteiger partial charge on any atom is 0.0274 e. The van der Waals surface area contributed by atoms with Crippen molar-refractivity contribution in [3.8, 4) is 11.8 Å². The van der Waals surface area contributed by atoms with Gasteiger partial charge in [0.15, 0.2) is 0 Å². The minimum absolute atomic E-state index is 0.832. The predicted octanol–water partition coefficient (Wildman–Crippen LogP) is 2.67. The van der Waals surface area contributed by atoms with Crippen LogP contribution in [-0.4, -0.2) is 5.75 Å². The first-order chi connectivity index (χ1) is 5.84. The van der Waals surface area contributed by atoms with Crippen molar-refractivity contribution < 1.29 is 0 Å². The second-order valence-electron chi connectivity index (χ2n) is 2.59. The van der Waals surface area contributed by atoms with Gasteiger partial charge in [-0.25, -0.2) is 0 Å². The van der Waals surface area contributed by atoms with Crippen molar-refractivity contribution in [1.29, 1.82) is 0 Å². The van der Waals surface area contributed by atoms with Crippen molar-refractivity contribution in [1.82, 2.24) is 0 Å². The van der Waals surface area contributed by atoms with Crippen LogP contribution in [0, 0.1) is 18.8 Å². The van der Waals surface area contributed by atoms with Crippen LogP contribution in [0.3, 0.4) is 0 Å². The Morgan fingerprint density at radius 1 is 1.33 bits per heavy atom. The van der Waals surface area contributed by atoms with Crippen molar-refractivity contribution >= 4 is 12.6 Å². The molecule has 62 valence electrons. The second kappa shape index (κ2) is 4.90. The Kier molecular flexibility index (Phi) is 3.76. The molecule has 0 aliphatic rings. The lowest BCUT2D eigenvalue weighted by Gasteiger charge is -1.94. The van der Waals surface area contributed by atoms with Crippen molar-refractivity contribution in [3.63, 3.8) is 0 Å². The Balaban J connectivity index is 2.77. The monoisotopic (exact) mass is 176 g/mol. The average molecular weight is 176 g/mol. The molecule has 0 heterocycles. The standard InChI is InChI=1S/C11H12S/c1-10-6-2-3-7-11(10)8-4-5-9-12/h2-3,6-7,12H,5,9H2,1H3. The first-order valence-corrected chi connectivity index (χ1v) is 4.63. The summed E-state index contributed by atoms with van der Waals surface area (Å²) in [7, 11) is 0. The number of rotatable bonds is 1. The van der Waals surface area contributed by atoms with Crippen LogP contribution in [0.4, 0.5) is 0 Å². The molecular weight excluding hydrogens is 164 g/mol. The number of benzene rings is 1. The zero-order chi connectivity index (χ0) is 8.81. The van der Waals surface area contributed by atoms with E-state index >= 15 is 0 Å². The summed E-state index contributed by atoms with van der Waals surface area (Å²) in [6, 6.07) is 8.16. The minimum atomic E-state index is 0.832. The maximum absolute atomic E-state index is 4.09. The fourth-order valence-corrected chi connectivity index (χ4v) is 1.04. The highest BCUT2D eigenvalue weighted by molar-refractivity contribution is 7.80. The smallest absolute Gasteiger partial charge is 0.0274 e. The fraction of sp³-hybridized carbons (Fsp3) is 0.273. The van der Waals surface area contributed by atoms with E-state index in [1.165, 1.54) is 5.56 Å². The first kappa shape index (κ1) is 9.22. The first-order valence-electron chi connectivity index (χ1n) is 4.00. The van der Waals surface area contributed by atoms with Gasteiger partial charge in [-0.05, 0) is 18.6 Å². The third-order valence-corrected chi connectivity index (χ3v) is 1.83. The van der Waals surface area contributed by atoms with Crippen LogP contribution in [0.25, 0.3) is 0 Å². The Hall–Kier alpha value is -0.870. The molecule has 0 saturated heterocycles. The van der Waals surface area contributed by atoms with E-state index in [1.807, 2.05) is 18.2 Å². The molecule has 0 nitrogen and oxygen atoms in total. The van der Waals surface area contributed by atoms with Gasteiger partial charge in [-0.15, -0.1) is 0 Å². The number of aryl methyl sites for hydroxylation is 1. The topological polar surface area (TPSA) is 0 Å². The maximum atomic E-state index is 4.09. The van der Waals surface area contributed by atoms with E-state index in [9.17, 15) is 0 Å². The molecule has 1 aromatic carbocycles. The molecule has 0 fully saturated rings. The third-order valence-electron chi connectivity index (χ3n) is 1.60. The quantitative estimate of drug-likeness (QED) is 0.493. The average Bonchev–Trinajstić information content (AvgIpc) is 2.09. The summed E-state index contributed by atoms with van der Waals surface area (Å²) >= 11 is 4.09. The van der Waals surface area contributed by atoms with Crippen LogP contribution in [0.2, 0.25) is 0 Å². The zero-order valence-corrected chi connectivity index (χ0v) is 8.07. The SMILES string of the molecule is Cc1ccccc1C#CCCS. The van der Waals surface area contributed by atoms with Gasteiger partial charge >= 0.3 is 0 Å². The molecule has 0 unspecified atom stereocenters. The number of hydrogen-bond donors (Lipinski definition) is 1. The van der Waals surface area contributed by atoms with Gasteiger partial charge in [0, 0.05) is 17.7 Å². The van der Waals surface area contributed by atoms with Gasteiger partial charge in [-0.1, -0.05) is 30.0 Å². The Labute approximate surface area is 79.4 Å². The van der Waals surface area contributed by atoms with Gasteiger partial charge in [0.1, 0.15) is 0 Å². The highest BCUT2D eigenvalue weighted by atomic mass is 32.1. The van der Waals surface area contributed by atoms with Gasteiger partial charge in [-0.3, -0.25) is 0 Å². The largest absolute Gasteiger partial charge is 0.178 e. The second-order valence-corrected chi connectivity index (χ2v) is 3.04. The van der Waals surface area contributed by atoms with E-state index in [-0.39, 0.29) is 0 Å². The van der Waals surface area contributed by atoms with Crippen LogP contribution in [0.5, 0.6) is 0 Å². The molecule has 0 atom stereocenters. The lowest BCUT2D eigenvalue weighted by atomic mass is 10.1. The van der Waals surface area contributed by atoms with Crippen molar-refractivity contribution in [2.75, 3.05) is 5.75 Å². The summed E-state index contributed by atoms with van der Waals surface area (Å²) in [6.07, 6.45) is 0.859. The van der Waals surface area contributed by atoms with Gasteiger partial charge < -0.3 is 0 Å². The molecule has 0 N–H and O–H groups in total. The zero-order valence-electron chi connectivity index (χ0n) is 7.17. The summed E-state index contributed by atoms with van der Waals surface area (Å²) < 4.78 is 0. The Morgan fingerprint density at radius 2 is 2.08 bits per heavy atom. The summed E-state index contributed by atoms with van der Waals surface area (Å²) in [4.78, 5) is 0. The van der Waals surface area contributed by atoms with Crippen molar-refractivity contribution in [2.24, 2.45) is 0 Å². The van der Waals surface area contributed by atoms with Crippen LogP contribution >= 0.6 is 12.6 Å². The van der Waals surface area contributed by atoms with E-state index in [2.05, 4.69) is 37.5 Å². The fourth-order valence-electron chi connectivity index (χ4n) is 0.927. The molecule has 1 rings (SSSR count). The highest BCUT2D eigenvalue weighted by Crippen LogP contribution is 2.04. The molecule has 0 saturated carbocycles. The molecular formula is C11H12S. The molecule has 0 amide bonds. The number of thiol groups is 1. The summed E-state index contributed by atoms with van der Waals surface area (Å²) in [5, 5.41) is 0. The minimum Gasteiger partial charge on any atom is -0.178 e. The molecule has 0 bridgehead atoms. The van der Waals surface area contributed by atoms with E-state index in [0.717, 1.165) is 17.7 Å². The van der Waals surface area contributed by atoms with E-state index < -0.39 is 0 Å². The van der Waals surface area contributed by atoms with E-state index in [1.54, 1.807) is 0 Å². The van der Waals surface area contributed by atoms with E-state index in [0.29, 0.717) is 0 Å². The lowest BCUT2D eigenvalue weighted by Crippen LogP contribution is -1.79. The summed E-state index contributed by atoms with van der Waals surface area (Å²) in [5.41, 5.74) is 2.36. The molecule has 0 aromatic heterocycles. The normalized spacial score (nSPS) is 8.83. The van der Waals surface area contributed by atoms with Crippen LogP contribution in [0.1, 0.15) is 17.5 Å². The predicted molar refractivity (Wildman–Crippen MR) is 56.5 cm³/mol. The summed E-state index contributed by atoms with van der Waals surface area (Å²) in [5.74, 6) is 7.01. The van der Waals surface area contributed by atoms with Gasteiger partial charge in [0.25, 0.3) is 0 Å². The van der Waals surface area contributed by atoms with Gasteiger partial charge in [-0.2, -0.15) is 12.6 Å². The molecule has 0 radical (unpaired) electrons. The van der Waals surface area contributed by atoms with Crippen LogP contribution < -0.4 is 0 Å². The number of hydrogen-bond acceptors (Lipinski definition) is 1. The van der Waals surface area contributed by atoms with Crippen molar-refractivity contribution in [3.05, 3.63) is 35.4 Å². The molecule has 1 aromatic rings. The molecule has 0 aliphatic heterocycles. The Bertz CT molecular complexity index is 304. The Morgan fingerprint density at radius 3 is 2.75 bits per heavy atom. The highest BCUT2D eigenvalue weighted by Gasteiger charge is 1.89. The van der Waals surface area contributed by atoms with Crippen LogP contribution in [-0.2, 0) is 0 Å². The molecule has 1 heteroatoms. The molecule has 12 heavy (non-hydrogen) atoms. The van der Waals surface area contributed by atoms with Crippen LogP contribution in [0.15, 0.2) is 24.3 Å². The molecule has 0 aliphatic carbocycles. The van der Waals surface area contributed by atoms with Crippen molar-refractivity contribution in [2.45, 2.75) is 13.3 Å². The third kappa shape index (κ3) is 2.64. The van der Waals surface area contributed by atoms with E-state index in [4.69, 9.17) is 0 Å². The lowest BCUT2D eigenvalue weighted by molar-refractivity contribution is 1.31. The van der Waals surface area contributed by atoms with Gasteiger partial charge in [0.05, 0.1) is 0 Å². The molecule has 0 spiro atoms. The summed E-state index contributed by atoms with van der Waals surface area (Å²) in [6.45, 7) is 2.07. The van der Waals surface area contributed by atoms with Gasteiger partial charge in [0.2, 0.25) is 0 Å².